The van der Waals surface area contributed by atoms with Crippen LogP contribution in [0.15, 0.2) is 29.2 Å². The summed E-state index contributed by atoms with van der Waals surface area (Å²) in [6.45, 7) is 2.79. The van der Waals surface area contributed by atoms with Gasteiger partial charge in [0.15, 0.2) is 0 Å². The summed E-state index contributed by atoms with van der Waals surface area (Å²) in [5.74, 6) is 0. The number of hydrogen-bond donors (Lipinski definition) is 0. The maximum absolute atomic E-state index is 12.4. The molecule has 0 aliphatic carbocycles. The van der Waals surface area contributed by atoms with Crippen LogP contribution in [0.5, 0.6) is 0 Å². The molecule has 102 valence electrons. The van der Waals surface area contributed by atoms with Gasteiger partial charge >= 0.3 is 0 Å². The third-order valence-corrected chi connectivity index (χ3v) is 4.85. The second kappa shape index (κ2) is 5.64. The highest BCUT2D eigenvalue weighted by Crippen LogP contribution is 2.19. The van der Waals surface area contributed by atoms with Crippen molar-refractivity contribution < 1.29 is 13.2 Å². The fourth-order valence-electron chi connectivity index (χ4n) is 2.03. The van der Waals surface area contributed by atoms with Gasteiger partial charge in [0.2, 0.25) is 0 Å². The third-order valence-electron chi connectivity index (χ3n) is 3.15. The Bertz CT molecular complexity index is 566. The van der Waals surface area contributed by atoms with E-state index >= 15 is 0 Å². The zero-order valence-corrected chi connectivity index (χ0v) is 11.7. The maximum Gasteiger partial charge on any atom is 0.271 e. The summed E-state index contributed by atoms with van der Waals surface area (Å²) in [6, 6.07) is 8.91. The number of rotatable bonds is 4. The third kappa shape index (κ3) is 3.09. The van der Waals surface area contributed by atoms with Crippen molar-refractivity contribution in [3.05, 3.63) is 29.8 Å². The average molecular weight is 279 g/mol. The zero-order chi connectivity index (χ0) is 13.9. The number of sulfonamides is 1. The number of ether oxygens (including phenoxy) is 1. The Morgan fingerprint density at radius 1 is 1.42 bits per heavy atom. The van der Waals surface area contributed by atoms with Crippen LogP contribution in [0.1, 0.15) is 18.4 Å². The minimum absolute atomic E-state index is 0.101. The lowest BCUT2D eigenvalue weighted by molar-refractivity contribution is 0.102. The molecule has 1 unspecified atom stereocenters. The molecule has 1 aromatic carbocycles. The van der Waals surface area contributed by atoms with Gasteiger partial charge in [-0.25, -0.2) is 12.7 Å². The number of aryl methyl sites for hydroxylation is 1. The predicted molar refractivity (Wildman–Crippen MR) is 72.9 cm³/mol. The molecule has 4 nitrogen and oxygen atoms in total. The molecule has 1 aromatic rings. The lowest BCUT2D eigenvalue weighted by Crippen LogP contribution is -2.33. The molecule has 5 heteroatoms. The molecule has 1 aliphatic heterocycles. The quantitative estimate of drug-likeness (QED) is 0.623. The number of benzene rings is 1. The topological polar surface area (TPSA) is 46.6 Å². The molecule has 0 radical (unpaired) electrons. The fourth-order valence-corrected chi connectivity index (χ4v) is 3.27. The van der Waals surface area contributed by atoms with E-state index in [1.165, 1.54) is 0 Å². The first-order chi connectivity index (χ1) is 9.04. The first kappa shape index (κ1) is 13.9. The van der Waals surface area contributed by atoms with Crippen molar-refractivity contribution >= 4 is 10.0 Å². The van der Waals surface area contributed by atoms with Gasteiger partial charge in [-0.05, 0) is 31.9 Å². The summed E-state index contributed by atoms with van der Waals surface area (Å²) in [5.41, 5.74) is 1.00. The molecule has 2 rings (SSSR count). The summed E-state index contributed by atoms with van der Waals surface area (Å²) in [6.07, 6.45) is 7.05. The normalized spacial score (nSPS) is 19.1. The van der Waals surface area contributed by atoms with Crippen molar-refractivity contribution in [1.82, 2.24) is 4.31 Å². The molecule has 0 amide bonds. The maximum atomic E-state index is 12.4. The summed E-state index contributed by atoms with van der Waals surface area (Å²) in [4.78, 5) is 0.217. The minimum atomic E-state index is -3.64. The summed E-state index contributed by atoms with van der Waals surface area (Å²) in [5, 5.41) is 0. The molecule has 1 saturated heterocycles. The number of terminal acetylenes is 1. The molecule has 0 saturated carbocycles. The van der Waals surface area contributed by atoms with Gasteiger partial charge in [0.05, 0.1) is 17.5 Å². The van der Waals surface area contributed by atoms with Gasteiger partial charge in [-0.1, -0.05) is 24.1 Å². The highest BCUT2D eigenvalue weighted by molar-refractivity contribution is 7.89. The van der Waals surface area contributed by atoms with Gasteiger partial charge in [-0.2, -0.15) is 0 Å². The van der Waals surface area contributed by atoms with Crippen LogP contribution in [-0.4, -0.2) is 32.0 Å². The molecule has 0 spiro atoms. The highest BCUT2D eigenvalue weighted by atomic mass is 32.2. The van der Waals surface area contributed by atoms with Crippen molar-refractivity contribution in [2.75, 3.05) is 13.2 Å². The van der Waals surface area contributed by atoms with Crippen LogP contribution in [0.4, 0.5) is 0 Å². The van der Waals surface area contributed by atoms with E-state index in [0.29, 0.717) is 6.61 Å². The first-order valence-electron chi connectivity index (χ1n) is 6.21. The lowest BCUT2D eigenvalue weighted by atomic mass is 10.2. The van der Waals surface area contributed by atoms with Crippen LogP contribution in [0.25, 0.3) is 0 Å². The van der Waals surface area contributed by atoms with Gasteiger partial charge in [0.25, 0.3) is 10.0 Å². The van der Waals surface area contributed by atoms with Crippen LogP contribution < -0.4 is 0 Å². The van der Waals surface area contributed by atoms with Gasteiger partial charge in [-0.3, -0.25) is 0 Å². The standard InChI is InChI=1S/C14H17NO3S/c1-3-15(11-13-5-4-10-18-13)19(16,17)14-8-6-12(2)7-9-14/h1,6-9,13H,4-5,10-11H2,2H3. The fraction of sp³-hybridized carbons (Fsp3) is 0.429. The molecule has 1 aliphatic rings. The van der Waals surface area contributed by atoms with E-state index in [1.54, 1.807) is 24.3 Å². The second-order valence-electron chi connectivity index (χ2n) is 4.61. The van der Waals surface area contributed by atoms with Crippen molar-refractivity contribution in [3.8, 4) is 12.5 Å². The van der Waals surface area contributed by atoms with Gasteiger partial charge < -0.3 is 4.74 Å². The van der Waals surface area contributed by atoms with Crippen molar-refractivity contribution in [2.45, 2.75) is 30.8 Å². The van der Waals surface area contributed by atoms with E-state index in [-0.39, 0.29) is 17.5 Å². The second-order valence-corrected chi connectivity index (χ2v) is 6.48. The Morgan fingerprint density at radius 2 is 2.11 bits per heavy atom. The van der Waals surface area contributed by atoms with Crippen LogP contribution in [0.3, 0.4) is 0 Å². The molecule has 1 fully saturated rings. The summed E-state index contributed by atoms with van der Waals surface area (Å²) >= 11 is 0. The molecule has 1 atom stereocenters. The molecule has 0 bridgehead atoms. The summed E-state index contributed by atoms with van der Waals surface area (Å²) in [7, 11) is -3.64. The van der Waals surface area contributed by atoms with Crippen LogP contribution in [-0.2, 0) is 14.8 Å². The van der Waals surface area contributed by atoms with E-state index in [2.05, 4.69) is 6.04 Å². The lowest BCUT2D eigenvalue weighted by Gasteiger charge is -2.20. The van der Waals surface area contributed by atoms with E-state index in [4.69, 9.17) is 11.2 Å². The molecule has 0 aromatic heterocycles. The molecule has 1 heterocycles. The highest BCUT2D eigenvalue weighted by Gasteiger charge is 2.27. The summed E-state index contributed by atoms with van der Waals surface area (Å²) < 4.78 is 31.2. The van der Waals surface area contributed by atoms with Gasteiger partial charge in [0, 0.05) is 12.7 Å². The van der Waals surface area contributed by atoms with Crippen LogP contribution >= 0.6 is 0 Å². The Labute approximate surface area is 114 Å². The number of hydrogen-bond acceptors (Lipinski definition) is 3. The largest absolute Gasteiger partial charge is 0.376 e. The van der Waals surface area contributed by atoms with Crippen LogP contribution in [0, 0.1) is 19.4 Å². The van der Waals surface area contributed by atoms with E-state index in [0.717, 1.165) is 22.7 Å². The number of nitrogens with zero attached hydrogens (tertiary/aromatic N) is 1. The van der Waals surface area contributed by atoms with Gasteiger partial charge in [0.1, 0.15) is 0 Å². The minimum Gasteiger partial charge on any atom is -0.376 e. The first-order valence-corrected chi connectivity index (χ1v) is 7.65. The van der Waals surface area contributed by atoms with E-state index < -0.39 is 10.0 Å². The Morgan fingerprint density at radius 3 is 2.63 bits per heavy atom. The SMILES string of the molecule is C#CN(CC1CCCO1)S(=O)(=O)c1ccc(C)cc1. The predicted octanol–water partition coefficient (Wildman–Crippen LogP) is 1.76. The van der Waals surface area contributed by atoms with E-state index in [9.17, 15) is 8.42 Å². The average Bonchev–Trinajstić information content (AvgIpc) is 2.89. The Balaban J connectivity index is 2.20. The van der Waals surface area contributed by atoms with E-state index in [1.807, 2.05) is 6.92 Å². The molecule has 19 heavy (non-hydrogen) atoms. The smallest absolute Gasteiger partial charge is 0.271 e. The van der Waals surface area contributed by atoms with Crippen molar-refractivity contribution in [1.29, 1.82) is 0 Å². The molecule has 0 N–H and O–H groups in total. The molecular formula is C14H17NO3S. The Kier molecular flexibility index (Phi) is 4.13. The zero-order valence-electron chi connectivity index (χ0n) is 10.9. The monoisotopic (exact) mass is 279 g/mol. The van der Waals surface area contributed by atoms with Gasteiger partial charge in [-0.15, -0.1) is 0 Å². The Hall–Kier alpha value is -1.51. The van der Waals surface area contributed by atoms with Crippen molar-refractivity contribution in [3.63, 3.8) is 0 Å². The molecular weight excluding hydrogens is 262 g/mol. The van der Waals surface area contributed by atoms with Crippen molar-refractivity contribution in [2.24, 2.45) is 0 Å². The van der Waals surface area contributed by atoms with Crippen LogP contribution in [0.2, 0.25) is 0 Å².